The zero-order valence-corrected chi connectivity index (χ0v) is 8.96. The lowest BCUT2D eigenvalue weighted by Gasteiger charge is -2.11. The molecule has 0 bridgehead atoms. The first kappa shape index (κ1) is 13.7. The molecular formula is C11H12F3NO2. The predicted molar refractivity (Wildman–Crippen MR) is 55.6 cm³/mol. The number of alkyl halides is 3. The molecule has 1 aromatic rings. The topological polar surface area (TPSA) is 52.3 Å². The van der Waals surface area contributed by atoms with E-state index in [0.717, 1.165) is 12.1 Å². The number of ether oxygens (including phenoxy) is 1. The van der Waals surface area contributed by atoms with Crippen molar-refractivity contribution in [3.63, 3.8) is 0 Å². The normalized spacial score (nSPS) is 11.5. The molecule has 0 fully saturated rings. The molecule has 0 aliphatic heterocycles. The summed E-state index contributed by atoms with van der Waals surface area (Å²) in [6, 6.07) is 4.62. The van der Waals surface area contributed by atoms with E-state index in [1.54, 1.807) is 0 Å². The lowest BCUT2D eigenvalue weighted by Crippen LogP contribution is -2.18. The van der Waals surface area contributed by atoms with Crippen LogP contribution >= 0.6 is 0 Å². The first-order valence-corrected chi connectivity index (χ1v) is 4.94. The number of carbonyl (C=O) groups excluding carboxylic acids is 1. The summed E-state index contributed by atoms with van der Waals surface area (Å²) in [4.78, 5) is 11.5. The number of rotatable bonds is 5. The molecule has 0 spiro atoms. The van der Waals surface area contributed by atoms with Gasteiger partial charge in [0.2, 0.25) is 0 Å². The molecule has 6 heteroatoms. The smallest absolute Gasteiger partial charge is 0.372 e. The summed E-state index contributed by atoms with van der Waals surface area (Å²) >= 11 is 0. The molecule has 1 rings (SSSR count). The van der Waals surface area contributed by atoms with Crippen LogP contribution in [0.4, 0.5) is 13.2 Å². The Kier molecular flexibility index (Phi) is 4.65. The van der Waals surface area contributed by atoms with Gasteiger partial charge < -0.3 is 10.5 Å². The number of carbonyl (C=O) groups is 1. The van der Waals surface area contributed by atoms with Crippen LogP contribution in [0.2, 0.25) is 0 Å². The summed E-state index contributed by atoms with van der Waals surface area (Å²) in [5, 5.41) is 0. The van der Waals surface area contributed by atoms with Gasteiger partial charge in [-0.2, -0.15) is 13.2 Å². The van der Waals surface area contributed by atoms with Crippen LogP contribution in [0.1, 0.15) is 15.9 Å². The van der Waals surface area contributed by atoms with Crippen molar-refractivity contribution in [1.82, 2.24) is 0 Å². The Bertz CT molecular complexity index is 391. The molecule has 3 nitrogen and oxygen atoms in total. The minimum atomic E-state index is -4.54. The highest BCUT2D eigenvalue weighted by molar-refractivity contribution is 5.98. The van der Waals surface area contributed by atoms with Crippen LogP contribution < -0.4 is 5.73 Å². The van der Waals surface area contributed by atoms with Crippen molar-refractivity contribution >= 4 is 5.78 Å². The van der Waals surface area contributed by atoms with E-state index in [1.165, 1.54) is 12.1 Å². The molecule has 2 N–H and O–H groups in total. The minimum absolute atomic E-state index is 0.139. The zero-order valence-electron chi connectivity index (χ0n) is 8.96. The van der Waals surface area contributed by atoms with Crippen LogP contribution in [-0.2, 0) is 10.9 Å². The van der Waals surface area contributed by atoms with E-state index in [0.29, 0.717) is 0 Å². The molecule has 0 aliphatic carbocycles. The fourth-order valence-electron chi connectivity index (χ4n) is 1.30. The SMILES string of the molecule is NCCOCC(=O)c1ccccc1C(F)(F)F. The maximum Gasteiger partial charge on any atom is 0.417 e. The Hall–Kier alpha value is -1.40. The highest BCUT2D eigenvalue weighted by atomic mass is 19.4. The summed E-state index contributed by atoms with van der Waals surface area (Å²) < 4.78 is 42.6. The number of nitrogens with two attached hydrogens (primary N) is 1. The molecular weight excluding hydrogens is 235 g/mol. The van der Waals surface area contributed by atoms with Gasteiger partial charge in [0.15, 0.2) is 5.78 Å². The fraction of sp³-hybridized carbons (Fsp3) is 0.364. The minimum Gasteiger partial charge on any atom is -0.372 e. The van der Waals surface area contributed by atoms with Gasteiger partial charge in [0.1, 0.15) is 6.61 Å². The molecule has 0 aliphatic rings. The third-order valence-electron chi connectivity index (χ3n) is 2.03. The van der Waals surface area contributed by atoms with Crippen LogP contribution in [0.15, 0.2) is 24.3 Å². The number of halogens is 3. The predicted octanol–water partition coefficient (Wildman–Crippen LogP) is 1.86. The fourth-order valence-corrected chi connectivity index (χ4v) is 1.30. The zero-order chi connectivity index (χ0) is 12.9. The van der Waals surface area contributed by atoms with E-state index in [-0.39, 0.29) is 18.7 Å². The van der Waals surface area contributed by atoms with Crippen molar-refractivity contribution in [2.45, 2.75) is 6.18 Å². The first-order chi connectivity index (χ1) is 7.96. The van der Waals surface area contributed by atoms with Gasteiger partial charge in [0, 0.05) is 12.1 Å². The average Bonchev–Trinajstić information content (AvgIpc) is 2.28. The van der Waals surface area contributed by atoms with Crippen molar-refractivity contribution < 1.29 is 22.7 Å². The largest absolute Gasteiger partial charge is 0.417 e. The number of ketones is 1. The van der Waals surface area contributed by atoms with Gasteiger partial charge in [-0.1, -0.05) is 18.2 Å². The molecule has 0 unspecified atom stereocenters. The Morgan fingerprint density at radius 2 is 1.94 bits per heavy atom. The van der Waals surface area contributed by atoms with Crippen LogP contribution in [0.3, 0.4) is 0 Å². The third kappa shape index (κ3) is 3.83. The summed E-state index contributed by atoms with van der Waals surface area (Å²) in [5.41, 5.74) is 3.82. The molecule has 1 aromatic carbocycles. The van der Waals surface area contributed by atoms with Crippen molar-refractivity contribution in [1.29, 1.82) is 0 Å². The molecule has 0 atom stereocenters. The quantitative estimate of drug-likeness (QED) is 0.638. The number of benzene rings is 1. The van der Waals surface area contributed by atoms with Crippen LogP contribution in [-0.4, -0.2) is 25.5 Å². The van der Waals surface area contributed by atoms with Gasteiger partial charge in [-0.3, -0.25) is 4.79 Å². The van der Waals surface area contributed by atoms with Crippen LogP contribution in [0.25, 0.3) is 0 Å². The monoisotopic (exact) mass is 247 g/mol. The third-order valence-corrected chi connectivity index (χ3v) is 2.03. The summed E-state index contributed by atoms with van der Waals surface area (Å²) in [5.74, 6) is -0.702. The van der Waals surface area contributed by atoms with E-state index < -0.39 is 24.1 Å². The molecule has 0 aromatic heterocycles. The summed E-state index contributed by atoms with van der Waals surface area (Å²) in [7, 11) is 0. The molecule has 0 amide bonds. The Morgan fingerprint density at radius 1 is 1.29 bits per heavy atom. The maximum atomic E-state index is 12.6. The average molecular weight is 247 g/mol. The Labute approximate surface area is 96.4 Å². The van der Waals surface area contributed by atoms with E-state index >= 15 is 0 Å². The van der Waals surface area contributed by atoms with Gasteiger partial charge in [-0.05, 0) is 6.07 Å². The highest BCUT2D eigenvalue weighted by Crippen LogP contribution is 2.31. The van der Waals surface area contributed by atoms with E-state index in [2.05, 4.69) is 0 Å². The molecule has 0 radical (unpaired) electrons. The van der Waals surface area contributed by atoms with Gasteiger partial charge in [0.05, 0.1) is 12.2 Å². The van der Waals surface area contributed by atoms with E-state index in [9.17, 15) is 18.0 Å². The van der Waals surface area contributed by atoms with Crippen molar-refractivity contribution in [2.24, 2.45) is 5.73 Å². The van der Waals surface area contributed by atoms with Crippen molar-refractivity contribution in [2.75, 3.05) is 19.8 Å². The molecule has 0 saturated heterocycles. The maximum absolute atomic E-state index is 12.6. The second-order valence-corrected chi connectivity index (χ2v) is 3.31. The van der Waals surface area contributed by atoms with Gasteiger partial charge in [0.25, 0.3) is 0 Å². The summed E-state index contributed by atoms with van der Waals surface area (Å²) in [6.07, 6.45) is -4.54. The summed E-state index contributed by atoms with van der Waals surface area (Å²) in [6.45, 7) is -0.0432. The molecule has 94 valence electrons. The second-order valence-electron chi connectivity index (χ2n) is 3.31. The van der Waals surface area contributed by atoms with Crippen molar-refractivity contribution in [3.8, 4) is 0 Å². The standard InChI is InChI=1S/C11H12F3NO2/c12-11(13,14)9-4-2-1-3-8(9)10(16)7-17-6-5-15/h1-4H,5-7,15H2. The van der Waals surface area contributed by atoms with Gasteiger partial charge >= 0.3 is 6.18 Å². The van der Waals surface area contributed by atoms with E-state index in [4.69, 9.17) is 10.5 Å². The Balaban J connectivity index is 2.86. The van der Waals surface area contributed by atoms with E-state index in [1.807, 2.05) is 0 Å². The lowest BCUT2D eigenvalue weighted by atomic mass is 10.0. The highest BCUT2D eigenvalue weighted by Gasteiger charge is 2.34. The second kappa shape index (κ2) is 5.79. The number of Topliss-reactive ketones (excluding diaryl/α,β-unsaturated/α-hetero) is 1. The van der Waals surface area contributed by atoms with Crippen molar-refractivity contribution in [3.05, 3.63) is 35.4 Å². The molecule has 17 heavy (non-hydrogen) atoms. The first-order valence-electron chi connectivity index (χ1n) is 4.94. The van der Waals surface area contributed by atoms with Crippen LogP contribution in [0.5, 0.6) is 0 Å². The molecule has 0 saturated carbocycles. The van der Waals surface area contributed by atoms with Gasteiger partial charge in [-0.25, -0.2) is 0 Å². The van der Waals surface area contributed by atoms with Gasteiger partial charge in [-0.15, -0.1) is 0 Å². The Morgan fingerprint density at radius 3 is 2.53 bits per heavy atom. The lowest BCUT2D eigenvalue weighted by molar-refractivity contribution is -0.137. The number of hydrogen-bond acceptors (Lipinski definition) is 3. The number of hydrogen-bond donors (Lipinski definition) is 1. The van der Waals surface area contributed by atoms with Crippen LogP contribution in [0, 0.1) is 0 Å². The molecule has 0 heterocycles.